The van der Waals surface area contributed by atoms with E-state index >= 15 is 0 Å². The van der Waals surface area contributed by atoms with Crippen LogP contribution in [0.15, 0.2) is 42.2 Å². The average molecular weight is 764 g/mol. The Morgan fingerprint density at radius 1 is 0.622 bits per heavy atom. The van der Waals surface area contributed by atoms with Gasteiger partial charge in [0.2, 0.25) is 0 Å². The van der Waals surface area contributed by atoms with Gasteiger partial charge in [-0.2, -0.15) is 0 Å². The summed E-state index contributed by atoms with van der Waals surface area (Å²) in [5.74, 6) is 0.678. The standard InChI is InChI=1S/C29H32Br4O4/c1-29(2,19-13-21(30)25(22(31)14-19)36-27(34)17-9-5-3-6-10-17)20-15-23(32)26(24(33)16-20)37-28(35)18-11-7-4-8-12-18/h13-18H,3-12H2,1-2H3. The highest BCUT2D eigenvalue weighted by molar-refractivity contribution is 9.11. The summed E-state index contributed by atoms with van der Waals surface area (Å²) in [6.07, 6.45) is 10.3. The van der Waals surface area contributed by atoms with Gasteiger partial charge in [0.25, 0.3) is 0 Å². The van der Waals surface area contributed by atoms with E-state index in [4.69, 9.17) is 9.47 Å². The fourth-order valence-electron chi connectivity index (χ4n) is 5.25. The average Bonchev–Trinajstić information content (AvgIpc) is 2.88. The first-order valence-electron chi connectivity index (χ1n) is 13.0. The molecule has 4 nitrogen and oxygen atoms in total. The minimum atomic E-state index is -0.395. The van der Waals surface area contributed by atoms with Crippen molar-refractivity contribution in [3.8, 4) is 11.5 Å². The lowest BCUT2D eigenvalue weighted by molar-refractivity contribution is -0.140. The Labute approximate surface area is 253 Å². The van der Waals surface area contributed by atoms with Crippen molar-refractivity contribution in [1.29, 1.82) is 0 Å². The number of hydrogen-bond donors (Lipinski definition) is 0. The number of hydrogen-bond acceptors (Lipinski definition) is 4. The van der Waals surface area contributed by atoms with E-state index in [9.17, 15) is 9.59 Å². The van der Waals surface area contributed by atoms with Gasteiger partial charge in [0.05, 0.1) is 29.7 Å². The molecule has 0 amide bonds. The molecule has 2 aliphatic rings. The van der Waals surface area contributed by atoms with Crippen molar-refractivity contribution in [2.75, 3.05) is 0 Å². The topological polar surface area (TPSA) is 52.6 Å². The maximum Gasteiger partial charge on any atom is 0.314 e. The van der Waals surface area contributed by atoms with Crippen molar-refractivity contribution >= 4 is 75.7 Å². The number of carbonyl (C=O) groups excluding carboxylic acids is 2. The minimum Gasteiger partial charge on any atom is -0.424 e. The van der Waals surface area contributed by atoms with Gasteiger partial charge >= 0.3 is 11.9 Å². The maximum atomic E-state index is 12.7. The zero-order valence-corrected chi connectivity index (χ0v) is 27.5. The Bertz CT molecular complexity index is 1030. The molecule has 0 atom stereocenters. The summed E-state index contributed by atoms with van der Waals surface area (Å²) in [5.41, 5.74) is 1.68. The molecule has 200 valence electrons. The Morgan fingerprint density at radius 2 is 0.919 bits per heavy atom. The van der Waals surface area contributed by atoms with Crippen molar-refractivity contribution in [2.45, 2.75) is 83.5 Å². The smallest absolute Gasteiger partial charge is 0.314 e. The minimum absolute atomic E-state index is 0.0240. The van der Waals surface area contributed by atoms with E-state index in [1.165, 1.54) is 12.8 Å². The van der Waals surface area contributed by atoms with Gasteiger partial charge in [0, 0.05) is 5.41 Å². The van der Waals surface area contributed by atoms with Crippen LogP contribution in [0.3, 0.4) is 0 Å². The number of halogens is 4. The predicted octanol–water partition coefficient (Wildman–Crippen LogP) is 10.0. The number of carbonyl (C=O) groups is 2. The molecule has 0 spiro atoms. The third-order valence-corrected chi connectivity index (χ3v) is 10.1. The second-order valence-corrected chi connectivity index (χ2v) is 14.1. The summed E-state index contributed by atoms with van der Waals surface area (Å²) >= 11 is 14.6. The highest BCUT2D eigenvalue weighted by Gasteiger charge is 2.30. The van der Waals surface area contributed by atoms with Gasteiger partial charge in [-0.25, -0.2) is 0 Å². The number of ether oxygens (including phenoxy) is 2. The Kier molecular flexibility index (Phi) is 10.0. The van der Waals surface area contributed by atoms with Crippen LogP contribution in [0.4, 0.5) is 0 Å². The number of rotatable bonds is 6. The van der Waals surface area contributed by atoms with Crippen LogP contribution in [0.1, 0.15) is 89.2 Å². The second kappa shape index (κ2) is 12.6. The summed E-state index contributed by atoms with van der Waals surface area (Å²) in [5, 5.41) is 0. The molecule has 0 N–H and O–H groups in total. The number of benzene rings is 2. The molecule has 0 bridgehead atoms. The maximum absolute atomic E-state index is 12.7. The van der Waals surface area contributed by atoms with Crippen LogP contribution in [0.2, 0.25) is 0 Å². The molecule has 2 aromatic carbocycles. The van der Waals surface area contributed by atoms with Gasteiger partial charge in [-0.3, -0.25) is 9.59 Å². The van der Waals surface area contributed by atoms with Crippen molar-refractivity contribution in [1.82, 2.24) is 0 Å². The molecule has 0 saturated heterocycles. The SMILES string of the molecule is CC(C)(c1cc(Br)c(OC(=O)C2CCCCC2)c(Br)c1)c1cc(Br)c(OC(=O)C2CCCCC2)c(Br)c1. The molecular weight excluding hydrogens is 732 g/mol. The third kappa shape index (κ3) is 6.90. The summed E-state index contributed by atoms with van der Waals surface area (Å²) in [6.45, 7) is 4.27. The van der Waals surface area contributed by atoms with Gasteiger partial charge in [-0.1, -0.05) is 52.4 Å². The van der Waals surface area contributed by atoms with Crippen LogP contribution in [-0.2, 0) is 15.0 Å². The Balaban J connectivity index is 1.55. The quantitative estimate of drug-likeness (QED) is 0.217. The van der Waals surface area contributed by atoms with Crippen LogP contribution in [0.25, 0.3) is 0 Å². The highest BCUT2D eigenvalue weighted by atomic mass is 79.9. The van der Waals surface area contributed by atoms with Crippen molar-refractivity contribution in [2.24, 2.45) is 11.8 Å². The van der Waals surface area contributed by atoms with Crippen LogP contribution >= 0.6 is 63.7 Å². The first kappa shape index (κ1) is 29.3. The third-order valence-electron chi connectivity index (χ3n) is 7.72. The molecule has 2 aromatic rings. The Hall–Kier alpha value is -0.700. The summed E-state index contributed by atoms with van der Waals surface area (Å²) in [4.78, 5) is 25.5. The molecule has 0 radical (unpaired) electrons. The molecule has 0 unspecified atom stereocenters. The molecule has 0 aliphatic heterocycles. The zero-order chi connectivity index (χ0) is 26.7. The van der Waals surface area contributed by atoms with Crippen molar-refractivity contribution in [3.63, 3.8) is 0 Å². The normalized spacial score (nSPS) is 17.5. The van der Waals surface area contributed by atoms with E-state index in [1.807, 2.05) is 24.3 Å². The molecule has 8 heteroatoms. The largest absolute Gasteiger partial charge is 0.424 e. The summed E-state index contributed by atoms with van der Waals surface area (Å²) in [7, 11) is 0. The van der Waals surface area contributed by atoms with Crippen molar-refractivity contribution in [3.05, 3.63) is 53.3 Å². The van der Waals surface area contributed by atoms with Crippen LogP contribution < -0.4 is 9.47 Å². The summed E-state index contributed by atoms with van der Waals surface area (Å²) in [6, 6.07) is 8.03. The lowest BCUT2D eigenvalue weighted by Gasteiger charge is -2.28. The lowest BCUT2D eigenvalue weighted by Crippen LogP contribution is -2.24. The first-order chi connectivity index (χ1) is 17.6. The fraction of sp³-hybridized carbons (Fsp3) is 0.517. The molecule has 4 rings (SSSR count). The van der Waals surface area contributed by atoms with E-state index < -0.39 is 5.41 Å². The van der Waals surface area contributed by atoms with E-state index in [0.29, 0.717) is 11.5 Å². The van der Waals surface area contributed by atoms with E-state index in [0.717, 1.165) is 80.4 Å². The van der Waals surface area contributed by atoms with Crippen molar-refractivity contribution < 1.29 is 19.1 Å². The van der Waals surface area contributed by atoms with Gasteiger partial charge < -0.3 is 9.47 Å². The fourth-order valence-corrected chi connectivity index (χ4v) is 7.94. The molecule has 2 saturated carbocycles. The van der Waals surface area contributed by atoms with Gasteiger partial charge in [-0.05, 0) is 125 Å². The molecule has 0 heterocycles. The van der Waals surface area contributed by atoms with Crippen LogP contribution in [0, 0.1) is 11.8 Å². The predicted molar refractivity (Wildman–Crippen MR) is 160 cm³/mol. The number of esters is 2. The lowest BCUT2D eigenvalue weighted by atomic mass is 9.78. The second-order valence-electron chi connectivity index (χ2n) is 10.7. The van der Waals surface area contributed by atoms with E-state index in [-0.39, 0.29) is 23.8 Å². The summed E-state index contributed by atoms with van der Waals surface area (Å²) < 4.78 is 14.6. The van der Waals surface area contributed by atoms with Gasteiger partial charge in [-0.15, -0.1) is 0 Å². The van der Waals surface area contributed by atoms with E-state index in [2.05, 4.69) is 77.6 Å². The molecule has 2 aliphatic carbocycles. The van der Waals surface area contributed by atoms with Crippen LogP contribution in [0.5, 0.6) is 11.5 Å². The molecule has 37 heavy (non-hydrogen) atoms. The van der Waals surface area contributed by atoms with Gasteiger partial charge in [0.1, 0.15) is 0 Å². The highest BCUT2D eigenvalue weighted by Crippen LogP contribution is 2.44. The van der Waals surface area contributed by atoms with E-state index in [1.54, 1.807) is 0 Å². The monoisotopic (exact) mass is 760 g/mol. The zero-order valence-electron chi connectivity index (χ0n) is 21.2. The molecule has 2 fully saturated rings. The molecule has 0 aromatic heterocycles. The molecular formula is C29H32Br4O4. The first-order valence-corrected chi connectivity index (χ1v) is 16.2. The van der Waals surface area contributed by atoms with Crippen LogP contribution in [-0.4, -0.2) is 11.9 Å². The Morgan fingerprint density at radius 3 is 1.22 bits per heavy atom. The van der Waals surface area contributed by atoms with Gasteiger partial charge in [0.15, 0.2) is 11.5 Å².